The van der Waals surface area contributed by atoms with E-state index >= 15 is 0 Å². The molecule has 0 bridgehead atoms. The third kappa shape index (κ3) is 3.36. The Labute approximate surface area is 124 Å². The van der Waals surface area contributed by atoms with Gasteiger partial charge in [0, 0.05) is 12.6 Å². The molecule has 0 aromatic carbocycles. The smallest absolute Gasteiger partial charge is 0.350 e. The van der Waals surface area contributed by atoms with E-state index < -0.39 is 43.6 Å². The van der Waals surface area contributed by atoms with E-state index in [9.17, 15) is 18.9 Å². The molecule has 1 aliphatic rings. The highest BCUT2D eigenvalue weighted by atomic mass is 31.2. The summed E-state index contributed by atoms with van der Waals surface area (Å²) in [6.07, 6.45) is -2.62. The lowest BCUT2D eigenvalue weighted by Crippen LogP contribution is -2.42. The van der Waals surface area contributed by atoms with Crippen LogP contribution >= 0.6 is 7.60 Å². The van der Waals surface area contributed by atoms with Gasteiger partial charge in [-0.2, -0.15) is 4.98 Å². The second kappa shape index (κ2) is 5.71. The normalized spacial score (nSPS) is 32.3. The Kier molecular flexibility index (Phi) is 4.42. The second-order valence-electron chi connectivity index (χ2n) is 5.39. The van der Waals surface area contributed by atoms with E-state index in [1.165, 1.54) is 12.3 Å². The van der Waals surface area contributed by atoms with Gasteiger partial charge in [-0.3, -0.25) is 9.13 Å². The summed E-state index contributed by atoms with van der Waals surface area (Å²) in [6, 6.07) is 0.220. The van der Waals surface area contributed by atoms with Gasteiger partial charge in [-0.05, 0) is 13.0 Å². The molecular weight excluding hydrogens is 320 g/mol. The fraction of sp³-hybridized carbons (Fsp3) is 0.636. The fourth-order valence-corrected chi connectivity index (χ4v) is 2.93. The molecule has 5 N–H and O–H groups in total. The number of alkyl halides is 1. The van der Waals surface area contributed by atoms with E-state index in [4.69, 9.17) is 20.3 Å². The monoisotopic (exact) mass is 337 g/mol. The molecule has 1 fully saturated rings. The zero-order chi connectivity index (χ0) is 16.7. The molecule has 0 radical (unpaired) electrons. The number of nitrogen functional groups attached to an aromatic ring is 1. The zero-order valence-electron chi connectivity index (χ0n) is 11.7. The van der Waals surface area contributed by atoms with E-state index in [1.807, 2.05) is 0 Å². The van der Waals surface area contributed by atoms with Gasteiger partial charge < -0.3 is 25.4 Å². The molecule has 1 saturated carbocycles. The van der Waals surface area contributed by atoms with E-state index in [2.05, 4.69) is 4.98 Å². The van der Waals surface area contributed by atoms with Crippen molar-refractivity contribution in [2.45, 2.75) is 37.3 Å². The number of rotatable bonds is 4. The van der Waals surface area contributed by atoms with Crippen LogP contribution in [0.3, 0.4) is 0 Å². The van der Waals surface area contributed by atoms with Crippen molar-refractivity contribution in [3.8, 4) is 0 Å². The number of aliphatic hydroxyl groups excluding tert-OH is 1. The first kappa shape index (κ1) is 17.0. The molecule has 22 heavy (non-hydrogen) atoms. The summed E-state index contributed by atoms with van der Waals surface area (Å²) >= 11 is 0. The zero-order valence-corrected chi connectivity index (χ0v) is 12.6. The molecule has 1 aliphatic carbocycles. The summed E-state index contributed by atoms with van der Waals surface area (Å²) in [5, 5.41) is 9.98. The summed E-state index contributed by atoms with van der Waals surface area (Å²) in [5.74, 6) is -0.0188. The molecule has 1 aromatic heterocycles. The quantitative estimate of drug-likeness (QED) is 0.531. The average molecular weight is 337 g/mol. The van der Waals surface area contributed by atoms with Crippen molar-refractivity contribution in [3.63, 3.8) is 0 Å². The summed E-state index contributed by atoms with van der Waals surface area (Å²) < 4.78 is 31.5. The van der Waals surface area contributed by atoms with E-state index in [-0.39, 0.29) is 12.2 Å². The molecule has 11 heteroatoms. The predicted octanol–water partition coefficient (Wildman–Crippen LogP) is -0.620. The van der Waals surface area contributed by atoms with Crippen molar-refractivity contribution < 1.29 is 28.6 Å². The van der Waals surface area contributed by atoms with Crippen LogP contribution in [0, 0.1) is 0 Å². The van der Waals surface area contributed by atoms with Gasteiger partial charge in [0.1, 0.15) is 18.3 Å². The number of aromatic nitrogens is 2. The molecule has 1 aromatic rings. The minimum absolute atomic E-state index is 0.0188. The maximum absolute atomic E-state index is 14.8. The second-order valence-corrected chi connectivity index (χ2v) is 6.98. The van der Waals surface area contributed by atoms with Gasteiger partial charge in [-0.1, -0.05) is 0 Å². The van der Waals surface area contributed by atoms with Gasteiger partial charge in [-0.25, -0.2) is 9.18 Å². The molecule has 1 heterocycles. The average Bonchev–Trinajstić information content (AvgIpc) is 2.59. The maximum atomic E-state index is 14.8. The predicted molar refractivity (Wildman–Crippen MR) is 73.9 cm³/mol. The van der Waals surface area contributed by atoms with Crippen molar-refractivity contribution in [3.05, 3.63) is 22.7 Å². The van der Waals surface area contributed by atoms with Crippen LogP contribution < -0.4 is 11.4 Å². The van der Waals surface area contributed by atoms with Crippen molar-refractivity contribution in [1.82, 2.24) is 9.55 Å². The third-order valence-electron chi connectivity index (χ3n) is 3.68. The Morgan fingerprint density at radius 2 is 2.27 bits per heavy atom. The summed E-state index contributed by atoms with van der Waals surface area (Å²) in [6.45, 7) is 1.09. The molecule has 124 valence electrons. The number of hydrogen-bond acceptors (Lipinski definition) is 6. The lowest BCUT2D eigenvalue weighted by atomic mass is 10.0. The molecule has 4 atom stereocenters. The van der Waals surface area contributed by atoms with Crippen molar-refractivity contribution >= 4 is 13.4 Å². The Morgan fingerprint density at radius 3 is 2.82 bits per heavy atom. The first-order chi connectivity index (χ1) is 10.0. The standard InChI is InChI=1S/C11H17FN3O6P/c1-11(12)7(15-3-2-8(13)14-10(15)17)4-6(9(11)16)21-5-22(18,19)20/h2-3,6-7,9,16H,4-5H2,1H3,(H2,13,14,17)(H2,18,19,20)/t6-,7+,9-,11+/m0/s1. The minimum Gasteiger partial charge on any atom is -0.387 e. The van der Waals surface area contributed by atoms with Gasteiger partial charge in [0.2, 0.25) is 0 Å². The Balaban J connectivity index is 2.26. The van der Waals surface area contributed by atoms with Gasteiger partial charge in [0.05, 0.1) is 12.1 Å². The number of halogens is 1. The third-order valence-corrected chi connectivity index (χ3v) is 4.17. The largest absolute Gasteiger partial charge is 0.387 e. The van der Waals surface area contributed by atoms with Crippen LogP contribution in [0.5, 0.6) is 0 Å². The van der Waals surface area contributed by atoms with Crippen LogP contribution in [0.15, 0.2) is 17.1 Å². The van der Waals surface area contributed by atoms with E-state index in [0.29, 0.717) is 0 Å². The van der Waals surface area contributed by atoms with Gasteiger partial charge in [0.15, 0.2) is 5.67 Å². The number of hydrogen-bond donors (Lipinski definition) is 4. The van der Waals surface area contributed by atoms with Gasteiger partial charge in [0.25, 0.3) is 0 Å². The molecule has 0 spiro atoms. The first-order valence-electron chi connectivity index (χ1n) is 6.40. The van der Waals surface area contributed by atoms with Gasteiger partial charge >= 0.3 is 13.3 Å². The summed E-state index contributed by atoms with van der Waals surface area (Å²) in [4.78, 5) is 32.9. The number of ether oxygens (including phenoxy) is 1. The number of anilines is 1. The fourth-order valence-electron chi connectivity index (χ4n) is 2.54. The molecular formula is C11H17FN3O6P. The van der Waals surface area contributed by atoms with Crippen molar-refractivity contribution in [2.75, 3.05) is 12.1 Å². The van der Waals surface area contributed by atoms with E-state index in [1.54, 1.807) is 0 Å². The highest BCUT2D eigenvalue weighted by molar-refractivity contribution is 7.51. The minimum atomic E-state index is -4.45. The number of nitrogens with zero attached hydrogens (tertiary/aromatic N) is 2. The molecule has 0 aliphatic heterocycles. The lowest BCUT2D eigenvalue weighted by molar-refractivity contribution is -0.0601. The summed E-state index contributed by atoms with van der Waals surface area (Å²) in [7, 11) is -4.45. The molecule has 2 rings (SSSR count). The molecule has 0 saturated heterocycles. The first-order valence-corrected chi connectivity index (χ1v) is 8.20. The maximum Gasteiger partial charge on any atom is 0.350 e. The van der Waals surface area contributed by atoms with Crippen molar-refractivity contribution in [1.29, 1.82) is 0 Å². The van der Waals surface area contributed by atoms with Crippen LogP contribution in [0.25, 0.3) is 0 Å². The van der Waals surface area contributed by atoms with Gasteiger partial charge in [-0.15, -0.1) is 0 Å². The van der Waals surface area contributed by atoms with E-state index in [0.717, 1.165) is 11.5 Å². The van der Waals surface area contributed by atoms with Crippen LogP contribution in [0.1, 0.15) is 19.4 Å². The highest BCUT2D eigenvalue weighted by Gasteiger charge is 2.54. The summed E-state index contributed by atoms with van der Waals surface area (Å²) in [5.41, 5.74) is 2.35. The highest BCUT2D eigenvalue weighted by Crippen LogP contribution is 2.45. The van der Waals surface area contributed by atoms with Crippen LogP contribution in [-0.2, 0) is 9.30 Å². The topological polar surface area (TPSA) is 148 Å². The molecule has 0 amide bonds. The SMILES string of the molecule is C[C@]1(F)[C@@H](O)[C@@H](OCP(=O)(O)O)C[C@H]1n1ccc(N)nc1=O. The van der Waals surface area contributed by atoms with Crippen LogP contribution in [-0.4, -0.2) is 48.7 Å². The molecule has 0 unspecified atom stereocenters. The Bertz CT molecular complexity index is 659. The molecule has 9 nitrogen and oxygen atoms in total. The number of aliphatic hydroxyl groups is 1. The van der Waals surface area contributed by atoms with Crippen LogP contribution in [0.2, 0.25) is 0 Å². The number of nitrogens with two attached hydrogens (primary N) is 1. The lowest BCUT2D eigenvalue weighted by Gasteiger charge is -2.27. The Hall–Kier alpha value is -1.32. The van der Waals surface area contributed by atoms with Crippen molar-refractivity contribution in [2.24, 2.45) is 0 Å². The van der Waals surface area contributed by atoms with Crippen LogP contribution in [0.4, 0.5) is 10.2 Å². The Morgan fingerprint density at radius 1 is 1.64 bits per heavy atom.